The zero-order valence-corrected chi connectivity index (χ0v) is 16.8. The van der Waals surface area contributed by atoms with Gasteiger partial charge in [0.1, 0.15) is 0 Å². The quantitative estimate of drug-likeness (QED) is 0.523. The van der Waals surface area contributed by atoms with Crippen LogP contribution >= 0.6 is 0 Å². The van der Waals surface area contributed by atoms with E-state index >= 15 is 0 Å². The SMILES string of the molecule is CN(C)S(=O)(=O)c1ccc(C(=O)Nc2ccnc3c2ccc2ccccc23)cc1. The third kappa shape index (κ3) is 3.46. The second-order valence-corrected chi connectivity index (χ2v) is 8.96. The number of carbonyl (C=O) groups excluding carboxylic acids is 1. The molecule has 0 fully saturated rings. The van der Waals surface area contributed by atoms with Crippen LogP contribution < -0.4 is 5.32 Å². The number of pyridine rings is 1. The van der Waals surface area contributed by atoms with Gasteiger partial charge >= 0.3 is 0 Å². The Labute approximate surface area is 168 Å². The minimum Gasteiger partial charge on any atom is -0.321 e. The number of nitrogens with one attached hydrogen (secondary N) is 1. The van der Waals surface area contributed by atoms with Gasteiger partial charge in [0.2, 0.25) is 10.0 Å². The molecular formula is C22H19N3O3S. The predicted octanol–water partition coefficient (Wildman–Crippen LogP) is 3.89. The molecule has 0 unspecified atom stereocenters. The van der Waals surface area contributed by atoms with Gasteiger partial charge in [0.15, 0.2) is 0 Å². The number of anilines is 1. The molecule has 0 aliphatic heterocycles. The summed E-state index contributed by atoms with van der Waals surface area (Å²) in [6.07, 6.45) is 1.66. The molecule has 6 nitrogen and oxygen atoms in total. The van der Waals surface area contributed by atoms with E-state index in [1.807, 2.05) is 36.4 Å². The van der Waals surface area contributed by atoms with Crippen LogP contribution in [-0.2, 0) is 10.0 Å². The number of hydrogen-bond acceptors (Lipinski definition) is 4. The molecule has 0 spiro atoms. The highest BCUT2D eigenvalue weighted by Gasteiger charge is 2.18. The Bertz CT molecular complexity index is 1330. The zero-order valence-electron chi connectivity index (χ0n) is 16.0. The third-order valence-electron chi connectivity index (χ3n) is 4.78. The molecule has 29 heavy (non-hydrogen) atoms. The van der Waals surface area contributed by atoms with E-state index in [1.54, 1.807) is 12.3 Å². The molecule has 0 aliphatic carbocycles. The van der Waals surface area contributed by atoms with Gasteiger partial charge in [-0.3, -0.25) is 9.78 Å². The Morgan fingerprint density at radius 1 is 0.897 bits per heavy atom. The van der Waals surface area contributed by atoms with Gasteiger partial charge < -0.3 is 5.32 Å². The van der Waals surface area contributed by atoms with Crippen LogP contribution in [0.3, 0.4) is 0 Å². The summed E-state index contributed by atoms with van der Waals surface area (Å²) in [5.41, 5.74) is 1.83. The Kier molecular flexibility index (Phi) is 4.77. The summed E-state index contributed by atoms with van der Waals surface area (Å²) < 4.78 is 25.5. The number of rotatable bonds is 4. The van der Waals surface area contributed by atoms with Crippen molar-refractivity contribution in [3.63, 3.8) is 0 Å². The fourth-order valence-electron chi connectivity index (χ4n) is 3.18. The Hall–Kier alpha value is -3.29. The molecule has 3 aromatic carbocycles. The second-order valence-electron chi connectivity index (χ2n) is 6.81. The number of benzene rings is 3. The lowest BCUT2D eigenvalue weighted by Gasteiger charge is -2.12. The molecular weight excluding hydrogens is 386 g/mol. The first kappa shape index (κ1) is 19.0. The summed E-state index contributed by atoms with van der Waals surface area (Å²) in [5, 5.41) is 5.84. The van der Waals surface area contributed by atoms with Crippen LogP contribution in [0.25, 0.3) is 21.7 Å². The van der Waals surface area contributed by atoms with Gasteiger partial charge in [0.25, 0.3) is 5.91 Å². The van der Waals surface area contributed by atoms with Crippen LogP contribution in [0.15, 0.2) is 77.8 Å². The maximum absolute atomic E-state index is 12.7. The minimum absolute atomic E-state index is 0.139. The highest BCUT2D eigenvalue weighted by atomic mass is 32.2. The molecule has 4 rings (SSSR count). The molecule has 0 saturated heterocycles. The molecule has 0 aliphatic rings. The largest absolute Gasteiger partial charge is 0.321 e. The number of amides is 1. The molecule has 7 heteroatoms. The van der Waals surface area contributed by atoms with Crippen LogP contribution in [0.2, 0.25) is 0 Å². The Morgan fingerprint density at radius 3 is 2.34 bits per heavy atom. The highest BCUT2D eigenvalue weighted by molar-refractivity contribution is 7.89. The van der Waals surface area contributed by atoms with E-state index in [0.717, 1.165) is 26.0 Å². The summed E-state index contributed by atoms with van der Waals surface area (Å²) in [6.45, 7) is 0. The zero-order chi connectivity index (χ0) is 20.6. The average molecular weight is 405 g/mol. The number of fused-ring (bicyclic) bond motifs is 3. The summed E-state index contributed by atoms with van der Waals surface area (Å²) in [6, 6.07) is 19.5. The Balaban J connectivity index is 1.67. The van der Waals surface area contributed by atoms with Gasteiger partial charge in [-0.05, 0) is 35.7 Å². The van der Waals surface area contributed by atoms with Crippen LogP contribution in [0.5, 0.6) is 0 Å². The van der Waals surface area contributed by atoms with Crippen molar-refractivity contribution >= 4 is 43.3 Å². The second kappa shape index (κ2) is 7.27. The fraction of sp³-hybridized carbons (Fsp3) is 0.0909. The lowest BCUT2D eigenvalue weighted by molar-refractivity contribution is 0.102. The van der Waals surface area contributed by atoms with Crippen LogP contribution in [0.4, 0.5) is 5.69 Å². The van der Waals surface area contributed by atoms with Gasteiger partial charge in [-0.1, -0.05) is 36.4 Å². The molecule has 0 atom stereocenters. The van der Waals surface area contributed by atoms with E-state index in [4.69, 9.17) is 0 Å². The fourth-order valence-corrected chi connectivity index (χ4v) is 4.08. The first-order valence-electron chi connectivity index (χ1n) is 8.98. The topological polar surface area (TPSA) is 79.4 Å². The van der Waals surface area contributed by atoms with Crippen LogP contribution in [0.1, 0.15) is 10.4 Å². The molecule has 0 radical (unpaired) electrons. The van der Waals surface area contributed by atoms with Crippen molar-refractivity contribution in [1.82, 2.24) is 9.29 Å². The molecule has 0 saturated carbocycles. The van der Waals surface area contributed by atoms with E-state index in [2.05, 4.69) is 10.3 Å². The number of nitrogens with zero attached hydrogens (tertiary/aromatic N) is 2. The number of aromatic nitrogens is 1. The lowest BCUT2D eigenvalue weighted by Crippen LogP contribution is -2.22. The first-order valence-corrected chi connectivity index (χ1v) is 10.4. The summed E-state index contributed by atoms with van der Waals surface area (Å²) in [5.74, 6) is -0.320. The van der Waals surface area contributed by atoms with Gasteiger partial charge in [-0.2, -0.15) is 0 Å². The van der Waals surface area contributed by atoms with E-state index < -0.39 is 10.0 Å². The molecule has 146 valence electrons. The monoisotopic (exact) mass is 405 g/mol. The van der Waals surface area contributed by atoms with Crippen LogP contribution in [-0.4, -0.2) is 37.7 Å². The molecule has 1 N–H and O–H groups in total. The number of sulfonamides is 1. The predicted molar refractivity (Wildman–Crippen MR) is 115 cm³/mol. The summed E-state index contributed by atoms with van der Waals surface area (Å²) in [7, 11) is -0.602. The highest BCUT2D eigenvalue weighted by Crippen LogP contribution is 2.28. The summed E-state index contributed by atoms with van der Waals surface area (Å²) in [4.78, 5) is 17.3. The van der Waals surface area contributed by atoms with E-state index in [0.29, 0.717) is 11.3 Å². The normalized spacial score (nSPS) is 11.8. The standard InChI is InChI=1S/C22H19N3O3S/c1-25(2)29(27,28)17-10-7-16(8-11-17)22(26)24-20-13-14-23-21-18-6-4-3-5-15(18)9-12-19(20)21/h3-14H,1-2H3,(H,23,24,26). The van der Waals surface area contributed by atoms with Crippen molar-refractivity contribution in [2.45, 2.75) is 4.90 Å². The maximum atomic E-state index is 12.7. The minimum atomic E-state index is -3.53. The van der Waals surface area contributed by atoms with Gasteiger partial charge in [0, 0.05) is 36.6 Å². The molecule has 0 bridgehead atoms. The van der Waals surface area contributed by atoms with Crippen molar-refractivity contribution < 1.29 is 13.2 Å². The van der Waals surface area contributed by atoms with Crippen molar-refractivity contribution in [2.24, 2.45) is 0 Å². The van der Waals surface area contributed by atoms with Gasteiger partial charge in [-0.25, -0.2) is 12.7 Å². The van der Waals surface area contributed by atoms with Crippen LogP contribution in [0, 0.1) is 0 Å². The van der Waals surface area contributed by atoms with Gasteiger partial charge in [0.05, 0.1) is 16.1 Å². The van der Waals surface area contributed by atoms with Crippen molar-refractivity contribution in [1.29, 1.82) is 0 Å². The summed E-state index contributed by atoms with van der Waals surface area (Å²) >= 11 is 0. The molecule has 1 aromatic heterocycles. The molecule has 1 heterocycles. The Morgan fingerprint density at radius 2 is 1.62 bits per heavy atom. The lowest BCUT2D eigenvalue weighted by atomic mass is 10.1. The molecule has 1 amide bonds. The average Bonchev–Trinajstić information content (AvgIpc) is 2.73. The number of hydrogen-bond donors (Lipinski definition) is 1. The van der Waals surface area contributed by atoms with Crippen molar-refractivity contribution in [3.8, 4) is 0 Å². The maximum Gasteiger partial charge on any atom is 0.255 e. The van der Waals surface area contributed by atoms with Crippen molar-refractivity contribution in [2.75, 3.05) is 19.4 Å². The van der Waals surface area contributed by atoms with Crippen molar-refractivity contribution in [3.05, 3.63) is 78.5 Å². The number of carbonyl (C=O) groups is 1. The van der Waals surface area contributed by atoms with Gasteiger partial charge in [-0.15, -0.1) is 0 Å². The molecule has 4 aromatic rings. The first-order chi connectivity index (χ1) is 13.9. The third-order valence-corrected chi connectivity index (χ3v) is 6.61. The van der Waals surface area contributed by atoms with E-state index in [9.17, 15) is 13.2 Å². The van der Waals surface area contributed by atoms with E-state index in [-0.39, 0.29) is 10.8 Å². The smallest absolute Gasteiger partial charge is 0.255 e. The van der Waals surface area contributed by atoms with E-state index in [1.165, 1.54) is 38.4 Å².